The van der Waals surface area contributed by atoms with Crippen LogP contribution in [0.3, 0.4) is 0 Å². The number of benzene rings is 1. The molecule has 0 amide bonds. The zero-order valence-electron chi connectivity index (χ0n) is 12.0. The SMILES string of the molecule is c1nc(Nc2ccc3c(c2)OCO3)cc(N2CCOCC2)n1. The predicted octanol–water partition coefficient (Wildman–Crippen LogP) is 1.79. The molecule has 114 valence electrons. The molecule has 0 atom stereocenters. The monoisotopic (exact) mass is 300 g/mol. The molecule has 4 rings (SSSR count). The molecule has 1 aromatic heterocycles. The van der Waals surface area contributed by atoms with Crippen LogP contribution in [0.15, 0.2) is 30.6 Å². The van der Waals surface area contributed by atoms with E-state index in [2.05, 4.69) is 20.2 Å². The third-order valence-corrected chi connectivity index (χ3v) is 3.63. The third kappa shape index (κ3) is 2.62. The summed E-state index contributed by atoms with van der Waals surface area (Å²) in [4.78, 5) is 10.8. The summed E-state index contributed by atoms with van der Waals surface area (Å²) in [5.41, 5.74) is 0.899. The number of anilines is 3. The van der Waals surface area contributed by atoms with Gasteiger partial charge in [0.1, 0.15) is 18.0 Å². The number of rotatable bonds is 3. The van der Waals surface area contributed by atoms with Crippen LogP contribution < -0.4 is 19.7 Å². The molecule has 7 nitrogen and oxygen atoms in total. The predicted molar refractivity (Wildman–Crippen MR) is 80.9 cm³/mol. The molecule has 1 aromatic carbocycles. The van der Waals surface area contributed by atoms with Gasteiger partial charge in [0, 0.05) is 30.9 Å². The molecule has 0 bridgehead atoms. The number of nitrogens with one attached hydrogen (secondary N) is 1. The van der Waals surface area contributed by atoms with E-state index >= 15 is 0 Å². The Morgan fingerprint density at radius 1 is 1.00 bits per heavy atom. The number of nitrogens with zero attached hydrogens (tertiary/aromatic N) is 3. The van der Waals surface area contributed by atoms with E-state index in [4.69, 9.17) is 14.2 Å². The number of hydrogen-bond acceptors (Lipinski definition) is 7. The minimum Gasteiger partial charge on any atom is -0.454 e. The highest BCUT2D eigenvalue weighted by Crippen LogP contribution is 2.35. The topological polar surface area (TPSA) is 68.7 Å². The van der Waals surface area contributed by atoms with Gasteiger partial charge in [-0.15, -0.1) is 0 Å². The number of hydrogen-bond donors (Lipinski definition) is 1. The maximum Gasteiger partial charge on any atom is 0.231 e. The highest BCUT2D eigenvalue weighted by Gasteiger charge is 2.15. The molecular formula is C15H16N4O3. The standard InChI is InChI=1S/C15H16N4O3/c1-2-12-13(22-10-21-12)7-11(1)18-14-8-15(17-9-16-14)19-3-5-20-6-4-19/h1-2,7-9H,3-6,10H2,(H,16,17,18). The van der Waals surface area contributed by atoms with E-state index in [1.807, 2.05) is 24.3 Å². The Labute approximate surface area is 127 Å². The van der Waals surface area contributed by atoms with Gasteiger partial charge < -0.3 is 24.4 Å². The maximum atomic E-state index is 5.38. The molecule has 0 spiro atoms. The molecule has 2 aromatic rings. The van der Waals surface area contributed by atoms with Crippen LogP contribution in [-0.4, -0.2) is 43.1 Å². The second-order valence-corrected chi connectivity index (χ2v) is 5.05. The third-order valence-electron chi connectivity index (χ3n) is 3.63. The molecule has 22 heavy (non-hydrogen) atoms. The van der Waals surface area contributed by atoms with Crippen LogP contribution >= 0.6 is 0 Å². The van der Waals surface area contributed by atoms with E-state index in [0.29, 0.717) is 0 Å². The fourth-order valence-corrected chi connectivity index (χ4v) is 2.50. The van der Waals surface area contributed by atoms with E-state index in [0.717, 1.165) is 55.1 Å². The van der Waals surface area contributed by atoms with Crippen molar-refractivity contribution < 1.29 is 14.2 Å². The quantitative estimate of drug-likeness (QED) is 0.926. The molecule has 0 aliphatic carbocycles. The Balaban J connectivity index is 1.53. The zero-order valence-corrected chi connectivity index (χ0v) is 12.0. The zero-order chi connectivity index (χ0) is 14.8. The Bertz CT molecular complexity index is 674. The highest BCUT2D eigenvalue weighted by atomic mass is 16.7. The van der Waals surface area contributed by atoms with Crippen molar-refractivity contribution in [1.82, 2.24) is 9.97 Å². The second kappa shape index (κ2) is 5.69. The van der Waals surface area contributed by atoms with Crippen LogP contribution in [0.4, 0.5) is 17.3 Å². The van der Waals surface area contributed by atoms with E-state index in [9.17, 15) is 0 Å². The lowest BCUT2D eigenvalue weighted by molar-refractivity contribution is 0.122. The minimum atomic E-state index is 0.271. The molecule has 1 fully saturated rings. The Hall–Kier alpha value is -2.54. The van der Waals surface area contributed by atoms with Crippen molar-refractivity contribution in [2.24, 2.45) is 0 Å². The van der Waals surface area contributed by atoms with Crippen molar-refractivity contribution in [1.29, 1.82) is 0 Å². The van der Waals surface area contributed by atoms with Crippen molar-refractivity contribution in [3.8, 4) is 11.5 Å². The van der Waals surface area contributed by atoms with Crippen molar-refractivity contribution in [3.63, 3.8) is 0 Å². The molecular weight excluding hydrogens is 284 g/mol. The van der Waals surface area contributed by atoms with E-state index in [1.54, 1.807) is 6.33 Å². The van der Waals surface area contributed by atoms with Gasteiger partial charge in [-0.1, -0.05) is 0 Å². The van der Waals surface area contributed by atoms with Gasteiger partial charge in [-0.25, -0.2) is 9.97 Å². The van der Waals surface area contributed by atoms with Gasteiger partial charge in [0.05, 0.1) is 13.2 Å². The molecule has 0 saturated carbocycles. The maximum absolute atomic E-state index is 5.38. The summed E-state index contributed by atoms with van der Waals surface area (Å²) in [6.45, 7) is 3.43. The Morgan fingerprint density at radius 3 is 2.77 bits per heavy atom. The lowest BCUT2D eigenvalue weighted by Crippen LogP contribution is -2.36. The van der Waals surface area contributed by atoms with Gasteiger partial charge >= 0.3 is 0 Å². The molecule has 0 unspecified atom stereocenters. The molecule has 2 aliphatic rings. The fourth-order valence-electron chi connectivity index (χ4n) is 2.50. The lowest BCUT2D eigenvalue weighted by Gasteiger charge is -2.27. The fraction of sp³-hybridized carbons (Fsp3) is 0.333. The van der Waals surface area contributed by atoms with Crippen LogP contribution in [0.1, 0.15) is 0 Å². The summed E-state index contributed by atoms with van der Waals surface area (Å²) in [7, 11) is 0. The van der Waals surface area contributed by atoms with Crippen molar-refractivity contribution in [2.75, 3.05) is 43.3 Å². The van der Waals surface area contributed by atoms with Crippen LogP contribution in [0, 0.1) is 0 Å². The first-order valence-electron chi connectivity index (χ1n) is 7.20. The lowest BCUT2D eigenvalue weighted by atomic mass is 10.3. The summed E-state index contributed by atoms with van der Waals surface area (Å²) in [6.07, 6.45) is 1.57. The molecule has 7 heteroatoms. The Kier molecular flexibility index (Phi) is 3.40. The van der Waals surface area contributed by atoms with Gasteiger partial charge in [0.15, 0.2) is 11.5 Å². The van der Waals surface area contributed by atoms with Crippen molar-refractivity contribution in [3.05, 3.63) is 30.6 Å². The van der Waals surface area contributed by atoms with E-state index in [-0.39, 0.29) is 6.79 Å². The van der Waals surface area contributed by atoms with Crippen LogP contribution in [0.5, 0.6) is 11.5 Å². The number of morpholine rings is 1. The molecule has 0 radical (unpaired) electrons. The number of aromatic nitrogens is 2. The number of ether oxygens (including phenoxy) is 3. The van der Waals surface area contributed by atoms with Gasteiger partial charge in [-0.3, -0.25) is 0 Å². The van der Waals surface area contributed by atoms with Crippen LogP contribution in [-0.2, 0) is 4.74 Å². The summed E-state index contributed by atoms with van der Waals surface area (Å²) in [5, 5.41) is 3.27. The van der Waals surface area contributed by atoms with Crippen LogP contribution in [0.25, 0.3) is 0 Å². The van der Waals surface area contributed by atoms with Gasteiger partial charge in [0.2, 0.25) is 6.79 Å². The van der Waals surface area contributed by atoms with E-state index in [1.165, 1.54) is 0 Å². The summed E-state index contributed by atoms with van der Waals surface area (Å²) < 4.78 is 16.0. The van der Waals surface area contributed by atoms with E-state index < -0.39 is 0 Å². The molecule has 3 heterocycles. The molecule has 1 N–H and O–H groups in total. The first kappa shape index (κ1) is 13.1. The van der Waals surface area contributed by atoms with Gasteiger partial charge in [0.25, 0.3) is 0 Å². The molecule has 2 aliphatic heterocycles. The van der Waals surface area contributed by atoms with Crippen molar-refractivity contribution >= 4 is 17.3 Å². The second-order valence-electron chi connectivity index (χ2n) is 5.05. The summed E-state index contributed by atoms with van der Waals surface area (Å²) in [5.74, 6) is 3.16. The van der Waals surface area contributed by atoms with Gasteiger partial charge in [-0.05, 0) is 12.1 Å². The normalized spacial score (nSPS) is 16.6. The average molecular weight is 300 g/mol. The Morgan fingerprint density at radius 2 is 1.86 bits per heavy atom. The minimum absolute atomic E-state index is 0.271. The average Bonchev–Trinajstić information content (AvgIpc) is 3.04. The number of fused-ring (bicyclic) bond motifs is 1. The largest absolute Gasteiger partial charge is 0.454 e. The summed E-state index contributed by atoms with van der Waals surface area (Å²) >= 11 is 0. The van der Waals surface area contributed by atoms with Gasteiger partial charge in [-0.2, -0.15) is 0 Å². The molecule has 1 saturated heterocycles. The summed E-state index contributed by atoms with van der Waals surface area (Å²) in [6, 6.07) is 7.66. The first-order chi connectivity index (χ1) is 10.9. The van der Waals surface area contributed by atoms with Crippen LogP contribution in [0.2, 0.25) is 0 Å². The highest BCUT2D eigenvalue weighted by molar-refractivity contribution is 5.63. The first-order valence-corrected chi connectivity index (χ1v) is 7.20. The smallest absolute Gasteiger partial charge is 0.231 e. The van der Waals surface area contributed by atoms with Crippen molar-refractivity contribution in [2.45, 2.75) is 0 Å².